The quantitative estimate of drug-likeness (QED) is 0.821. The summed E-state index contributed by atoms with van der Waals surface area (Å²) in [5, 5.41) is 9.13. The molecular formula is C13H19NO2. The third-order valence-electron chi connectivity index (χ3n) is 3.26. The first kappa shape index (κ1) is 11.4. The van der Waals surface area contributed by atoms with Crippen LogP contribution in [-0.4, -0.2) is 37.5 Å². The highest BCUT2D eigenvalue weighted by Gasteiger charge is 2.21. The molecule has 1 fully saturated rings. The van der Waals surface area contributed by atoms with Crippen molar-refractivity contribution in [3.8, 4) is 0 Å². The number of aliphatic hydroxyl groups is 1. The fourth-order valence-corrected chi connectivity index (χ4v) is 2.13. The lowest BCUT2D eigenvalue weighted by Crippen LogP contribution is -2.44. The van der Waals surface area contributed by atoms with Gasteiger partial charge in [0.25, 0.3) is 0 Å². The molecule has 1 unspecified atom stereocenters. The van der Waals surface area contributed by atoms with Gasteiger partial charge in [0, 0.05) is 18.8 Å². The van der Waals surface area contributed by atoms with E-state index in [1.165, 1.54) is 16.8 Å². The van der Waals surface area contributed by atoms with Gasteiger partial charge >= 0.3 is 0 Å². The van der Waals surface area contributed by atoms with E-state index < -0.39 is 0 Å². The molecule has 1 saturated heterocycles. The molecule has 0 aromatic heterocycles. The van der Waals surface area contributed by atoms with Gasteiger partial charge in [-0.3, -0.25) is 0 Å². The van der Waals surface area contributed by atoms with Crippen LogP contribution >= 0.6 is 0 Å². The number of ether oxygens (including phenoxy) is 1. The van der Waals surface area contributed by atoms with Gasteiger partial charge in [0.15, 0.2) is 0 Å². The Labute approximate surface area is 96.6 Å². The Hall–Kier alpha value is -1.06. The first-order valence-electron chi connectivity index (χ1n) is 5.76. The molecule has 88 valence electrons. The molecule has 2 rings (SSSR count). The van der Waals surface area contributed by atoms with Gasteiger partial charge in [-0.05, 0) is 31.0 Å². The predicted octanol–water partition coefficient (Wildman–Crippen LogP) is 1.50. The maximum absolute atomic E-state index is 9.13. The van der Waals surface area contributed by atoms with Gasteiger partial charge in [-0.2, -0.15) is 0 Å². The molecule has 1 aromatic rings. The summed E-state index contributed by atoms with van der Waals surface area (Å²) >= 11 is 0. The van der Waals surface area contributed by atoms with Crippen molar-refractivity contribution in [1.29, 1.82) is 0 Å². The van der Waals surface area contributed by atoms with Crippen LogP contribution in [0.1, 0.15) is 11.1 Å². The topological polar surface area (TPSA) is 32.7 Å². The molecule has 1 N–H and O–H groups in total. The number of anilines is 1. The average Bonchev–Trinajstić information content (AvgIpc) is 2.33. The highest BCUT2D eigenvalue weighted by atomic mass is 16.5. The lowest BCUT2D eigenvalue weighted by Gasteiger charge is -2.34. The summed E-state index contributed by atoms with van der Waals surface area (Å²) in [5.41, 5.74) is 3.90. The molecule has 1 atom stereocenters. The van der Waals surface area contributed by atoms with Crippen molar-refractivity contribution in [2.45, 2.75) is 20.0 Å². The van der Waals surface area contributed by atoms with Crippen molar-refractivity contribution in [1.82, 2.24) is 0 Å². The molecule has 0 saturated carbocycles. The zero-order valence-corrected chi connectivity index (χ0v) is 9.94. The molecule has 1 aliphatic rings. The molecule has 3 heteroatoms. The second-order valence-corrected chi connectivity index (χ2v) is 4.34. The van der Waals surface area contributed by atoms with Crippen LogP contribution in [0, 0.1) is 13.8 Å². The van der Waals surface area contributed by atoms with E-state index in [0.29, 0.717) is 6.61 Å². The molecule has 1 aliphatic heterocycles. The van der Waals surface area contributed by atoms with Crippen molar-refractivity contribution in [3.05, 3.63) is 29.3 Å². The minimum Gasteiger partial charge on any atom is -0.394 e. The highest BCUT2D eigenvalue weighted by Crippen LogP contribution is 2.24. The monoisotopic (exact) mass is 221 g/mol. The van der Waals surface area contributed by atoms with Crippen LogP contribution in [0.3, 0.4) is 0 Å². The molecular weight excluding hydrogens is 202 g/mol. The van der Waals surface area contributed by atoms with Crippen LogP contribution in [0.15, 0.2) is 18.2 Å². The Morgan fingerprint density at radius 3 is 3.00 bits per heavy atom. The fourth-order valence-electron chi connectivity index (χ4n) is 2.13. The van der Waals surface area contributed by atoms with Gasteiger partial charge < -0.3 is 14.7 Å². The lowest BCUT2D eigenvalue weighted by molar-refractivity contribution is 0.00354. The van der Waals surface area contributed by atoms with Gasteiger partial charge in [0.1, 0.15) is 0 Å². The van der Waals surface area contributed by atoms with Crippen molar-refractivity contribution in [2.75, 3.05) is 31.2 Å². The Morgan fingerprint density at radius 1 is 1.44 bits per heavy atom. The minimum atomic E-state index is -0.0475. The molecule has 0 spiro atoms. The van der Waals surface area contributed by atoms with Crippen molar-refractivity contribution in [3.63, 3.8) is 0 Å². The summed E-state index contributed by atoms with van der Waals surface area (Å²) in [7, 11) is 0. The number of aryl methyl sites for hydroxylation is 1. The third-order valence-corrected chi connectivity index (χ3v) is 3.26. The van der Waals surface area contributed by atoms with E-state index >= 15 is 0 Å². The van der Waals surface area contributed by atoms with Gasteiger partial charge in [-0.1, -0.05) is 12.1 Å². The van der Waals surface area contributed by atoms with E-state index in [2.05, 4.69) is 36.9 Å². The second kappa shape index (κ2) is 4.85. The van der Waals surface area contributed by atoms with Crippen molar-refractivity contribution in [2.24, 2.45) is 0 Å². The average molecular weight is 221 g/mol. The third kappa shape index (κ3) is 2.20. The smallest absolute Gasteiger partial charge is 0.0980 e. The normalized spacial score (nSPS) is 21.2. The number of hydrogen-bond donors (Lipinski definition) is 1. The Bertz CT molecular complexity index is 365. The van der Waals surface area contributed by atoms with E-state index in [1.807, 2.05) is 0 Å². The molecule has 0 radical (unpaired) electrons. The lowest BCUT2D eigenvalue weighted by atomic mass is 10.1. The van der Waals surface area contributed by atoms with Crippen LogP contribution in [-0.2, 0) is 4.74 Å². The zero-order valence-electron chi connectivity index (χ0n) is 9.94. The minimum absolute atomic E-state index is 0.0475. The van der Waals surface area contributed by atoms with Crippen LogP contribution in [0.25, 0.3) is 0 Å². The Kier molecular flexibility index (Phi) is 3.46. The van der Waals surface area contributed by atoms with Crippen LogP contribution in [0.2, 0.25) is 0 Å². The second-order valence-electron chi connectivity index (χ2n) is 4.34. The van der Waals surface area contributed by atoms with E-state index in [9.17, 15) is 0 Å². The largest absolute Gasteiger partial charge is 0.394 e. The molecule has 0 amide bonds. The molecule has 0 bridgehead atoms. The van der Waals surface area contributed by atoms with E-state index in [4.69, 9.17) is 9.84 Å². The highest BCUT2D eigenvalue weighted by molar-refractivity contribution is 5.56. The summed E-state index contributed by atoms with van der Waals surface area (Å²) in [5.74, 6) is 0. The van der Waals surface area contributed by atoms with Crippen molar-refractivity contribution >= 4 is 5.69 Å². The van der Waals surface area contributed by atoms with Crippen molar-refractivity contribution < 1.29 is 9.84 Å². The van der Waals surface area contributed by atoms with E-state index in [1.54, 1.807) is 0 Å². The Morgan fingerprint density at radius 2 is 2.25 bits per heavy atom. The summed E-state index contributed by atoms with van der Waals surface area (Å²) in [6.45, 7) is 6.75. The maximum atomic E-state index is 9.13. The number of nitrogens with zero attached hydrogens (tertiary/aromatic N) is 1. The van der Waals surface area contributed by atoms with Crippen LogP contribution < -0.4 is 4.90 Å². The zero-order chi connectivity index (χ0) is 11.5. The number of morpholine rings is 1. The molecule has 16 heavy (non-hydrogen) atoms. The van der Waals surface area contributed by atoms with E-state index in [0.717, 1.165) is 13.1 Å². The van der Waals surface area contributed by atoms with Crippen LogP contribution in [0.4, 0.5) is 5.69 Å². The van der Waals surface area contributed by atoms with Gasteiger partial charge in [-0.15, -0.1) is 0 Å². The van der Waals surface area contributed by atoms with E-state index in [-0.39, 0.29) is 12.7 Å². The first-order valence-corrected chi connectivity index (χ1v) is 5.76. The van der Waals surface area contributed by atoms with Gasteiger partial charge in [0.2, 0.25) is 0 Å². The molecule has 1 aromatic carbocycles. The molecule has 1 heterocycles. The van der Waals surface area contributed by atoms with Gasteiger partial charge in [-0.25, -0.2) is 0 Å². The van der Waals surface area contributed by atoms with Crippen LogP contribution in [0.5, 0.6) is 0 Å². The summed E-state index contributed by atoms with van der Waals surface area (Å²) in [6.07, 6.45) is -0.0475. The summed E-state index contributed by atoms with van der Waals surface area (Å²) < 4.78 is 5.46. The Balaban J connectivity index is 2.20. The SMILES string of the molecule is Cc1cccc(N2CCOC(CO)C2)c1C. The molecule has 0 aliphatic carbocycles. The number of benzene rings is 1. The number of hydrogen-bond acceptors (Lipinski definition) is 3. The predicted molar refractivity (Wildman–Crippen MR) is 65.0 cm³/mol. The fraction of sp³-hybridized carbons (Fsp3) is 0.538. The summed E-state index contributed by atoms with van der Waals surface area (Å²) in [4.78, 5) is 2.30. The summed E-state index contributed by atoms with van der Waals surface area (Å²) in [6, 6.07) is 6.35. The number of aliphatic hydroxyl groups excluding tert-OH is 1. The standard InChI is InChI=1S/C13H19NO2/c1-10-4-3-5-13(11(10)2)14-6-7-16-12(8-14)9-15/h3-5,12,15H,6-9H2,1-2H3. The molecule has 3 nitrogen and oxygen atoms in total. The first-order chi connectivity index (χ1) is 7.72. The number of rotatable bonds is 2. The maximum Gasteiger partial charge on any atom is 0.0980 e. The van der Waals surface area contributed by atoms with Gasteiger partial charge in [0.05, 0.1) is 19.3 Å².